The lowest BCUT2D eigenvalue weighted by molar-refractivity contribution is 0.0151. The van der Waals surface area contributed by atoms with Gasteiger partial charge in [0.15, 0.2) is 0 Å². The second-order valence-electron chi connectivity index (χ2n) is 7.43. The van der Waals surface area contributed by atoms with Crippen LogP contribution in [0.2, 0.25) is 0 Å². The zero-order chi connectivity index (χ0) is 17.5. The monoisotopic (exact) mass is 365 g/mol. The Bertz CT molecular complexity index is 551. The van der Waals surface area contributed by atoms with E-state index in [1.165, 1.54) is 37.7 Å². The van der Waals surface area contributed by atoms with E-state index in [2.05, 4.69) is 29.6 Å². The summed E-state index contributed by atoms with van der Waals surface area (Å²) in [6.07, 6.45) is 7.56. The summed E-state index contributed by atoms with van der Waals surface area (Å²) in [5, 5.41) is 3.55. The lowest BCUT2D eigenvalue weighted by atomic mass is 9.91. The summed E-state index contributed by atoms with van der Waals surface area (Å²) in [6.45, 7) is 3.83. The molecule has 1 aromatic carbocycles. The molecule has 0 amide bonds. The van der Waals surface area contributed by atoms with Crippen molar-refractivity contribution in [3.05, 3.63) is 35.9 Å². The molecular weight excluding hydrogens is 333 g/mol. The van der Waals surface area contributed by atoms with Gasteiger partial charge in [0.2, 0.25) is 7.37 Å². The molecule has 2 unspecified atom stereocenters. The van der Waals surface area contributed by atoms with Gasteiger partial charge in [0.25, 0.3) is 0 Å². The van der Waals surface area contributed by atoms with Gasteiger partial charge in [-0.2, -0.15) is 0 Å². The lowest BCUT2D eigenvalue weighted by Gasteiger charge is -2.34. The van der Waals surface area contributed by atoms with E-state index >= 15 is 0 Å². The molecule has 1 aliphatic carbocycles. The van der Waals surface area contributed by atoms with Gasteiger partial charge < -0.3 is 14.6 Å². The molecule has 0 radical (unpaired) electrons. The van der Waals surface area contributed by atoms with Gasteiger partial charge in [-0.1, -0.05) is 49.6 Å². The smallest absolute Gasteiger partial charge is 0.206 e. The van der Waals surface area contributed by atoms with Gasteiger partial charge in [-0.15, -0.1) is 0 Å². The van der Waals surface area contributed by atoms with Gasteiger partial charge in [-0.3, -0.25) is 4.57 Å². The molecule has 25 heavy (non-hydrogen) atoms. The number of hydrogen-bond acceptors (Lipinski definition) is 4. The Kier molecular flexibility index (Phi) is 7.12. The number of ether oxygens (including phenoxy) is 1. The zero-order valence-electron chi connectivity index (χ0n) is 15.4. The highest BCUT2D eigenvalue weighted by atomic mass is 31.2. The second kappa shape index (κ2) is 9.32. The standard InChI is InChI=1S/C20H32NO3P/c1-2-24-25(22,15-17-9-5-3-6-10-17)16-19-13-21-20(14-23-19)18-11-7-4-8-12-18/h4,7-8,11-12,17,19-21H,2-3,5-6,9-10,13-16H2,1H3/t19?,20-,25?/m0/s1. The van der Waals surface area contributed by atoms with E-state index in [-0.39, 0.29) is 12.1 Å². The second-order valence-corrected chi connectivity index (χ2v) is 10.0. The number of benzene rings is 1. The first-order valence-electron chi connectivity index (χ1n) is 9.81. The zero-order valence-corrected chi connectivity index (χ0v) is 16.3. The molecule has 2 aliphatic rings. The molecule has 1 saturated heterocycles. The predicted molar refractivity (Wildman–Crippen MR) is 102 cm³/mol. The average Bonchev–Trinajstić information content (AvgIpc) is 2.64. The molecule has 1 N–H and O–H groups in total. The van der Waals surface area contributed by atoms with E-state index in [9.17, 15) is 4.57 Å². The predicted octanol–water partition coefficient (Wildman–Crippen LogP) is 4.61. The van der Waals surface area contributed by atoms with E-state index < -0.39 is 7.37 Å². The van der Waals surface area contributed by atoms with Crippen LogP contribution in [0.15, 0.2) is 30.3 Å². The number of hydrogen-bond donors (Lipinski definition) is 1. The Morgan fingerprint density at radius 2 is 1.92 bits per heavy atom. The van der Waals surface area contributed by atoms with Crippen molar-refractivity contribution >= 4 is 7.37 Å². The molecule has 5 heteroatoms. The lowest BCUT2D eigenvalue weighted by Crippen LogP contribution is -2.43. The van der Waals surface area contributed by atoms with Crippen LogP contribution in [0.1, 0.15) is 50.6 Å². The van der Waals surface area contributed by atoms with Gasteiger partial charge in [0, 0.05) is 12.7 Å². The van der Waals surface area contributed by atoms with Crippen LogP contribution >= 0.6 is 7.37 Å². The van der Waals surface area contributed by atoms with Crippen LogP contribution in [-0.4, -0.2) is 38.2 Å². The maximum Gasteiger partial charge on any atom is 0.206 e. The maximum atomic E-state index is 13.4. The molecule has 1 aromatic rings. The number of morpholine rings is 1. The average molecular weight is 365 g/mol. The molecule has 1 saturated carbocycles. The van der Waals surface area contributed by atoms with E-state index in [1.807, 2.05) is 13.0 Å². The van der Waals surface area contributed by atoms with Gasteiger partial charge in [0.05, 0.1) is 31.5 Å². The first-order valence-corrected chi connectivity index (χ1v) is 11.8. The maximum absolute atomic E-state index is 13.4. The van der Waals surface area contributed by atoms with Gasteiger partial charge in [-0.25, -0.2) is 0 Å². The minimum Gasteiger partial charge on any atom is -0.374 e. The summed E-state index contributed by atoms with van der Waals surface area (Å²) in [5.74, 6) is 0.569. The highest BCUT2D eigenvalue weighted by Gasteiger charge is 2.33. The number of nitrogens with one attached hydrogen (secondary N) is 1. The molecule has 0 aromatic heterocycles. The van der Waals surface area contributed by atoms with Crippen LogP contribution in [0.4, 0.5) is 0 Å². The van der Waals surface area contributed by atoms with Crippen LogP contribution in [0.5, 0.6) is 0 Å². The van der Waals surface area contributed by atoms with Gasteiger partial charge in [-0.05, 0) is 31.2 Å². The van der Waals surface area contributed by atoms with E-state index in [0.717, 1.165) is 12.7 Å². The van der Waals surface area contributed by atoms with Gasteiger partial charge >= 0.3 is 0 Å². The van der Waals surface area contributed by atoms with Crippen molar-refractivity contribution in [1.29, 1.82) is 0 Å². The Hall–Kier alpha value is -0.670. The van der Waals surface area contributed by atoms with Crippen molar-refractivity contribution in [3.63, 3.8) is 0 Å². The summed E-state index contributed by atoms with van der Waals surface area (Å²) in [7, 11) is -2.61. The first kappa shape index (κ1) is 19.1. The fourth-order valence-electron chi connectivity index (χ4n) is 4.13. The fourth-order valence-corrected chi connectivity index (χ4v) is 6.97. The van der Waals surface area contributed by atoms with Crippen LogP contribution < -0.4 is 5.32 Å². The Labute approximate surface area is 152 Å². The third kappa shape index (κ3) is 5.65. The van der Waals surface area contributed by atoms with Crippen molar-refractivity contribution in [2.75, 3.05) is 32.1 Å². The van der Waals surface area contributed by atoms with Crippen molar-refractivity contribution < 1.29 is 13.8 Å². The van der Waals surface area contributed by atoms with Crippen molar-refractivity contribution in [2.45, 2.75) is 51.2 Å². The highest BCUT2D eigenvalue weighted by molar-refractivity contribution is 7.59. The third-order valence-electron chi connectivity index (χ3n) is 5.40. The normalized spacial score (nSPS) is 27.7. The summed E-state index contributed by atoms with van der Waals surface area (Å²) >= 11 is 0. The Morgan fingerprint density at radius 1 is 1.16 bits per heavy atom. The highest BCUT2D eigenvalue weighted by Crippen LogP contribution is 2.51. The SMILES string of the molecule is CCOP(=O)(CC1CCCCC1)CC1CN[C@H](c2ccccc2)CO1. The van der Waals surface area contributed by atoms with Crippen LogP contribution in [0.3, 0.4) is 0 Å². The summed E-state index contributed by atoms with van der Waals surface area (Å²) < 4.78 is 25.2. The molecule has 0 spiro atoms. The molecule has 0 bridgehead atoms. The molecule has 140 valence electrons. The van der Waals surface area contributed by atoms with Gasteiger partial charge in [0.1, 0.15) is 0 Å². The molecule has 3 atom stereocenters. The van der Waals surface area contributed by atoms with Crippen LogP contribution in [0.25, 0.3) is 0 Å². The topological polar surface area (TPSA) is 47.6 Å². The summed E-state index contributed by atoms with van der Waals surface area (Å²) in [6, 6.07) is 10.6. The Morgan fingerprint density at radius 3 is 2.56 bits per heavy atom. The van der Waals surface area contributed by atoms with E-state index in [0.29, 0.717) is 25.3 Å². The first-order chi connectivity index (χ1) is 12.2. The third-order valence-corrected chi connectivity index (χ3v) is 8.16. The number of rotatable bonds is 7. The molecule has 2 fully saturated rings. The molecule has 1 aliphatic heterocycles. The molecular formula is C20H32NO3P. The molecule has 4 nitrogen and oxygen atoms in total. The van der Waals surface area contributed by atoms with Crippen molar-refractivity contribution in [3.8, 4) is 0 Å². The minimum atomic E-state index is -2.61. The van der Waals surface area contributed by atoms with E-state index in [1.54, 1.807) is 0 Å². The van der Waals surface area contributed by atoms with E-state index in [4.69, 9.17) is 9.26 Å². The largest absolute Gasteiger partial charge is 0.374 e. The minimum absolute atomic E-state index is 0.0130. The quantitative estimate of drug-likeness (QED) is 0.717. The summed E-state index contributed by atoms with van der Waals surface area (Å²) in [4.78, 5) is 0. The van der Waals surface area contributed by atoms with Crippen molar-refractivity contribution in [1.82, 2.24) is 5.32 Å². The van der Waals surface area contributed by atoms with Crippen LogP contribution in [0, 0.1) is 5.92 Å². The van der Waals surface area contributed by atoms with Crippen LogP contribution in [-0.2, 0) is 13.8 Å². The fraction of sp³-hybridized carbons (Fsp3) is 0.700. The van der Waals surface area contributed by atoms with Crippen molar-refractivity contribution in [2.24, 2.45) is 5.92 Å². The summed E-state index contributed by atoms with van der Waals surface area (Å²) in [5.41, 5.74) is 1.25. The molecule has 1 heterocycles. The molecule has 3 rings (SSSR count). The Balaban J connectivity index is 1.53.